The molecule has 0 rings (SSSR count). The van der Waals surface area contributed by atoms with Crippen molar-refractivity contribution >= 4 is 63.4 Å². The number of hydrogen-bond acceptors (Lipinski definition) is 11. The lowest BCUT2D eigenvalue weighted by Gasteiger charge is -2.44. The maximum Gasteiger partial charge on any atom is 0.336 e. The molecule has 0 aromatic heterocycles. The number of rotatable bonds is 17. The van der Waals surface area contributed by atoms with E-state index in [2.05, 4.69) is 5.48 Å². The Hall–Kier alpha value is -1.21. The molecule has 0 bridgehead atoms. The Balaban J connectivity index is 5.67. The lowest BCUT2D eigenvalue weighted by atomic mass is 9.62. The highest BCUT2D eigenvalue weighted by atomic mass is 32.2. The molecule has 0 saturated heterocycles. The van der Waals surface area contributed by atoms with Crippen LogP contribution in [0.4, 0.5) is 0 Å². The van der Waals surface area contributed by atoms with Crippen LogP contribution in [0.1, 0.15) is 94.9 Å². The zero-order valence-electron chi connectivity index (χ0n) is 26.9. The largest absolute Gasteiger partial charge is 0.465 e. The topological polar surface area (TPSA) is 117 Å². The lowest BCUT2D eigenvalue weighted by molar-refractivity contribution is -0.170. The number of thioether (sulfide) groups is 2. The van der Waals surface area contributed by atoms with Gasteiger partial charge < -0.3 is 23.8 Å². The molecule has 0 fully saturated rings. The molecule has 0 aromatic rings. The number of hydrogen-bond donors (Lipinski definition) is 1. The first-order valence-electron chi connectivity index (χ1n) is 13.6. The van der Waals surface area contributed by atoms with Crippen LogP contribution in [-0.4, -0.2) is 70.2 Å². The van der Waals surface area contributed by atoms with Crippen molar-refractivity contribution in [3.63, 3.8) is 0 Å². The quantitative estimate of drug-likeness (QED) is 0.0887. The molecule has 1 unspecified atom stereocenters. The molecular weight excluding hydrogens is 587 g/mol. The second kappa shape index (κ2) is 16.6. The van der Waals surface area contributed by atoms with Crippen LogP contribution in [0.25, 0.3) is 0 Å². The van der Waals surface area contributed by atoms with Gasteiger partial charge in [-0.05, 0) is 73.5 Å². The van der Waals surface area contributed by atoms with Gasteiger partial charge in [-0.3, -0.25) is 9.59 Å². The van der Waals surface area contributed by atoms with E-state index in [9.17, 15) is 19.2 Å². The molecule has 0 aromatic carbocycles. The van der Waals surface area contributed by atoms with Crippen molar-refractivity contribution in [3.05, 3.63) is 0 Å². The lowest BCUT2D eigenvalue weighted by Crippen LogP contribution is -2.47. The number of aldehydes is 1. The Morgan fingerprint density at radius 3 is 2.07 bits per heavy atom. The fourth-order valence-electron chi connectivity index (χ4n) is 3.47. The van der Waals surface area contributed by atoms with E-state index < -0.39 is 50.5 Å². The third-order valence-corrected chi connectivity index (χ3v) is 10.4. The molecule has 238 valence electrons. The molecule has 0 heterocycles. The molecular formula is C29H51NO8S3. The van der Waals surface area contributed by atoms with E-state index >= 15 is 0 Å². The first kappa shape index (κ1) is 39.8. The van der Waals surface area contributed by atoms with Crippen molar-refractivity contribution in [1.29, 1.82) is 0 Å². The number of ether oxygens (including phenoxy) is 3. The van der Waals surface area contributed by atoms with Crippen molar-refractivity contribution in [2.24, 2.45) is 16.7 Å². The zero-order valence-corrected chi connectivity index (χ0v) is 29.3. The summed E-state index contributed by atoms with van der Waals surface area (Å²) < 4.78 is 17.1. The molecule has 1 atom stereocenters. The Labute approximate surface area is 260 Å². The van der Waals surface area contributed by atoms with E-state index in [0.29, 0.717) is 22.8 Å². The number of hydroxylamine groups is 1. The molecule has 0 saturated carbocycles. The Morgan fingerprint density at radius 2 is 1.56 bits per heavy atom. The van der Waals surface area contributed by atoms with Gasteiger partial charge >= 0.3 is 11.9 Å². The van der Waals surface area contributed by atoms with E-state index in [4.69, 9.17) is 31.3 Å². The van der Waals surface area contributed by atoms with Crippen LogP contribution < -0.4 is 5.48 Å². The number of amides is 1. The Kier molecular flexibility index (Phi) is 16.1. The first-order valence-corrected chi connectivity index (χ1v) is 16.1. The molecule has 1 amide bonds. The van der Waals surface area contributed by atoms with Crippen LogP contribution in [-0.2, 0) is 38.2 Å². The van der Waals surface area contributed by atoms with Crippen LogP contribution in [0.3, 0.4) is 0 Å². The van der Waals surface area contributed by atoms with Crippen molar-refractivity contribution in [2.75, 3.05) is 26.6 Å². The first-order chi connectivity index (χ1) is 18.6. The standard InChI is InChI=1S/C29H51NO8S3/c1-25(2,28(7,8)23(34)36-17-15-26(3,4)37-19-27(5,6)35-11)18-20(29(9,10)41-24(39)40-12)22(33)38-30-21(32)14-13-16-31/h16,20H,13-15,17-19H2,1-12H3,(H,30,32). The highest BCUT2D eigenvalue weighted by molar-refractivity contribution is 8.47. The summed E-state index contributed by atoms with van der Waals surface area (Å²) in [7, 11) is 1.63. The maximum atomic E-state index is 13.4. The van der Waals surface area contributed by atoms with Crippen LogP contribution >= 0.6 is 35.7 Å². The summed E-state index contributed by atoms with van der Waals surface area (Å²) in [5.41, 5.74) is -0.533. The van der Waals surface area contributed by atoms with Crippen molar-refractivity contribution < 1.29 is 38.2 Å². The van der Waals surface area contributed by atoms with Gasteiger partial charge in [0.1, 0.15) is 9.81 Å². The predicted molar refractivity (Wildman–Crippen MR) is 170 cm³/mol. The highest BCUT2D eigenvalue weighted by Crippen LogP contribution is 2.49. The molecule has 1 N–H and O–H groups in total. The Bertz CT molecular complexity index is 916. The van der Waals surface area contributed by atoms with Crippen LogP contribution in [0.15, 0.2) is 0 Å². The van der Waals surface area contributed by atoms with Gasteiger partial charge in [0.25, 0.3) is 5.91 Å². The average molecular weight is 638 g/mol. The van der Waals surface area contributed by atoms with Gasteiger partial charge in [0, 0.05) is 31.1 Å². The normalized spacial score (nSPS) is 13.8. The minimum Gasteiger partial charge on any atom is -0.465 e. The molecule has 0 radical (unpaired) electrons. The number of methoxy groups -OCH3 is 1. The molecule has 41 heavy (non-hydrogen) atoms. The third-order valence-electron chi connectivity index (χ3n) is 7.61. The van der Waals surface area contributed by atoms with Crippen molar-refractivity contribution in [3.8, 4) is 0 Å². The highest BCUT2D eigenvalue weighted by Gasteiger charge is 2.50. The predicted octanol–water partition coefficient (Wildman–Crippen LogP) is 5.91. The summed E-state index contributed by atoms with van der Waals surface area (Å²) in [4.78, 5) is 54.4. The molecule has 0 aliphatic rings. The van der Waals surface area contributed by atoms with Crippen LogP contribution in [0, 0.1) is 16.7 Å². The Morgan fingerprint density at radius 1 is 0.976 bits per heavy atom. The summed E-state index contributed by atoms with van der Waals surface area (Å²) in [5, 5.41) is 0. The fourth-order valence-corrected chi connectivity index (χ4v) is 5.85. The summed E-state index contributed by atoms with van der Waals surface area (Å²) in [6.07, 6.45) is 3.15. The van der Waals surface area contributed by atoms with Gasteiger partial charge in [0.15, 0.2) is 0 Å². The van der Waals surface area contributed by atoms with Gasteiger partial charge in [0.05, 0.1) is 35.7 Å². The fraction of sp³-hybridized carbons (Fsp3) is 0.828. The summed E-state index contributed by atoms with van der Waals surface area (Å²) >= 11 is 8.19. The number of esters is 1. The van der Waals surface area contributed by atoms with Gasteiger partial charge in [-0.15, -0.1) is 23.5 Å². The number of carbonyl (C=O) groups is 4. The van der Waals surface area contributed by atoms with E-state index in [1.165, 1.54) is 23.5 Å². The van der Waals surface area contributed by atoms with Gasteiger partial charge in [-0.25, -0.2) is 4.79 Å². The number of nitrogens with one attached hydrogen (secondary N) is 1. The second-order valence-corrected chi connectivity index (χ2v) is 16.6. The molecule has 0 spiro atoms. The van der Waals surface area contributed by atoms with Gasteiger partial charge in [-0.1, -0.05) is 26.1 Å². The van der Waals surface area contributed by atoms with Crippen molar-refractivity contribution in [1.82, 2.24) is 5.48 Å². The molecule has 0 aliphatic heterocycles. The van der Waals surface area contributed by atoms with E-state index in [1.807, 2.05) is 61.6 Å². The average Bonchev–Trinajstić information content (AvgIpc) is 2.87. The maximum absolute atomic E-state index is 13.4. The summed E-state index contributed by atoms with van der Waals surface area (Å²) in [6.45, 7) is 19.5. The minimum absolute atomic E-state index is 0.0218. The number of thiocarbonyl (C=S) groups is 1. The number of carbonyl (C=O) groups excluding carboxylic acids is 4. The van der Waals surface area contributed by atoms with Gasteiger partial charge in [-0.2, -0.15) is 5.48 Å². The van der Waals surface area contributed by atoms with Crippen LogP contribution in [0.5, 0.6) is 0 Å². The zero-order chi connectivity index (χ0) is 32.3. The second-order valence-electron chi connectivity index (χ2n) is 13.0. The molecule has 9 nitrogen and oxygen atoms in total. The van der Waals surface area contributed by atoms with Gasteiger partial charge in [0.2, 0.25) is 0 Å². The SMILES string of the molecule is COC(C)(C)COC(C)(C)CCOC(=O)C(C)(C)C(C)(C)CC(C(=O)ONC(=O)CCC=O)C(C)(C)SC(=S)SC. The molecule has 12 heteroatoms. The van der Waals surface area contributed by atoms with E-state index in [-0.39, 0.29) is 25.9 Å². The van der Waals surface area contributed by atoms with Crippen LogP contribution in [0.2, 0.25) is 0 Å². The monoisotopic (exact) mass is 637 g/mol. The summed E-state index contributed by atoms with van der Waals surface area (Å²) in [6, 6.07) is 0. The third kappa shape index (κ3) is 13.8. The molecule has 0 aliphatic carbocycles. The summed E-state index contributed by atoms with van der Waals surface area (Å²) in [5.74, 6) is -2.37. The van der Waals surface area contributed by atoms with E-state index in [0.717, 1.165) is 0 Å². The van der Waals surface area contributed by atoms with Crippen molar-refractivity contribution in [2.45, 2.75) is 111 Å². The smallest absolute Gasteiger partial charge is 0.336 e. The minimum atomic E-state index is -0.984. The van der Waals surface area contributed by atoms with E-state index in [1.54, 1.807) is 21.0 Å².